The van der Waals surface area contributed by atoms with Gasteiger partial charge >= 0.3 is 0 Å². The quantitative estimate of drug-likeness (QED) is 0.820. The van der Waals surface area contributed by atoms with Gasteiger partial charge in [-0.1, -0.05) is 27.7 Å². The molecular formula is C14H20F2N2S. The highest BCUT2D eigenvalue weighted by Gasteiger charge is 2.18. The highest BCUT2D eigenvalue weighted by molar-refractivity contribution is 7.80. The van der Waals surface area contributed by atoms with Crippen molar-refractivity contribution in [2.24, 2.45) is 11.8 Å². The van der Waals surface area contributed by atoms with E-state index in [9.17, 15) is 8.78 Å². The Balaban J connectivity index is 2.69. The van der Waals surface area contributed by atoms with Crippen molar-refractivity contribution in [1.29, 1.82) is 0 Å². The average Bonchev–Trinajstić information content (AvgIpc) is 2.29. The Kier molecular flexibility index (Phi) is 5.66. The summed E-state index contributed by atoms with van der Waals surface area (Å²) in [5.41, 5.74) is 0.171. The third kappa shape index (κ3) is 4.74. The van der Waals surface area contributed by atoms with Crippen LogP contribution in [0.25, 0.3) is 0 Å². The van der Waals surface area contributed by atoms with Gasteiger partial charge in [-0.15, -0.1) is 0 Å². The van der Waals surface area contributed by atoms with Gasteiger partial charge in [0, 0.05) is 12.1 Å². The number of rotatable bonds is 4. The number of benzene rings is 1. The van der Waals surface area contributed by atoms with Crippen molar-refractivity contribution in [3.8, 4) is 0 Å². The van der Waals surface area contributed by atoms with E-state index in [0.29, 0.717) is 16.9 Å². The summed E-state index contributed by atoms with van der Waals surface area (Å²) in [6.07, 6.45) is 0. The standard InChI is InChI=1S/C14H20F2N2S/c1-8(2)13(9(3)4)18-14(19)17-12-6-5-10(15)7-11(12)16/h5-9,13H,1-4H3,(H2,17,18,19). The van der Waals surface area contributed by atoms with Gasteiger partial charge in [0.1, 0.15) is 11.6 Å². The van der Waals surface area contributed by atoms with E-state index < -0.39 is 11.6 Å². The summed E-state index contributed by atoms with van der Waals surface area (Å²) in [5.74, 6) is -0.463. The van der Waals surface area contributed by atoms with Crippen LogP contribution >= 0.6 is 12.2 Å². The average molecular weight is 286 g/mol. The maximum atomic E-state index is 13.5. The fraction of sp³-hybridized carbons (Fsp3) is 0.500. The lowest BCUT2D eigenvalue weighted by Crippen LogP contribution is -2.44. The lowest BCUT2D eigenvalue weighted by Gasteiger charge is -2.27. The third-order valence-electron chi connectivity index (χ3n) is 2.91. The highest BCUT2D eigenvalue weighted by Crippen LogP contribution is 2.16. The molecule has 2 nitrogen and oxygen atoms in total. The van der Waals surface area contributed by atoms with Crippen LogP contribution in [-0.2, 0) is 0 Å². The molecule has 0 unspecified atom stereocenters. The lowest BCUT2D eigenvalue weighted by molar-refractivity contribution is 0.356. The summed E-state index contributed by atoms with van der Waals surface area (Å²) in [4.78, 5) is 0. The van der Waals surface area contributed by atoms with Crippen molar-refractivity contribution in [2.75, 3.05) is 5.32 Å². The first-order valence-electron chi connectivity index (χ1n) is 6.33. The minimum absolute atomic E-state index is 0.171. The van der Waals surface area contributed by atoms with Gasteiger partial charge in [-0.25, -0.2) is 8.78 Å². The minimum atomic E-state index is -0.658. The van der Waals surface area contributed by atoms with Crippen LogP contribution < -0.4 is 10.6 Å². The molecule has 1 aromatic rings. The molecule has 0 spiro atoms. The number of anilines is 1. The van der Waals surface area contributed by atoms with Crippen LogP contribution in [-0.4, -0.2) is 11.2 Å². The Bertz CT molecular complexity index is 439. The van der Waals surface area contributed by atoms with Crippen LogP contribution in [0.1, 0.15) is 27.7 Å². The molecular weight excluding hydrogens is 266 g/mol. The van der Waals surface area contributed by atoms with Crippen LogP contribution in [0.3, 0.4) is 0 Å². The largest absolute Gasteiger partial charge is 0.359 e. The predicted molar refractivity (Wildman–Crippen MR) is 79.2 cm³/mol. The lowest BCUT2D eigenvalue weighted by atomic mass is 9.93. The summed E-state index contributed by atoms with van der Waals surface area (Å²) in [5, 5.41) is 6.27. The maximum absolute atomic E-state index is 13.5. The number of halogens is 2. The fourth-order valence-electron chi connectivity index (χ4n) is 2.00. The van der Waals surface area contributed by atoms with Gasteiger partial charge < -0.3 is 10.6 Å². The molecule has 0 saturated heterocycles. The van der Waals surface area contributed by atoms with Crippen LogP contribution in [0.5, 0.6) is 0 Å². The zero-order valence-electron chi connectivity index (χ0n) is 11.6. The molecule has 2 N–H and O–H groups in total. The van der Waals surface area contributed by atoms with E-state index in [1.165, 1.54) is 12.1 Å². The van der Waals surface area contributed by atoms with Crippen molar-refractivity contribution < 1.29 is 8.78 Å². The minimum Gasteiger partial charge on any atom is -0.359 e. The van der Waals surface area contributed by atoms with E-state index in [2.05, 4.69) is 38.3 Å². The second-order valence-corrected chi connectivity index (χ2v) is 5.64. The summed E-state index contributed by atoms with van der Waals surface area (Å²) in [7, 11) is 0. The van der Waals surface area contributed by atoms with Gasteiger partial charge in [0.15, 0.2) is 5.11 Å². The topological polar surface area (TPSA) is 24.1 Å². The van der Waals surface area contributed by atoms with Gasteiger partial charge in [0.2, 0.25) is 0 Å². The number of hydrogen-bond donors (Lipinski definition) is 2. The third-order valence-corrected chi connectivity index (χ3v) is 3.13. The first-order valence-corrected chi connectivity index (χ1v) is 6.74. The van der Waals surface area contributed by atoms with E-state index in [4.69, 9.17) is 12.2 Å². The molecule has 0 aliphatic rings. The van der Waals surface area contributed by atoms with Gasteiger partial charge in [0.25, 0.3) is 0 Å². The summed E-state index contributed by atoms with van der Waals surface area (Å²) in [6, 6.07) is 3.55. The maximum Gasteiger partial charge on any atom is 0.171 e. The molecule has 1 aromatic carbocycles. The van der Waals surface area contributed by atoms with Crippen LogP contribution in [0.2, 0.25) is 0 Å². The SMILES string of the molecule is CC(C)C(NC(=S)Nc1ccc(F)cc1F)C(C)C. The molecule has 0 atom stereocenters. The normalized spacial score (nSPS) is 11.2. The van der Waals surface area contributed by atoms with Gasteiger partial charge in [0.05, 0.1) is 5.69 Å². The first kappa shape index (κ1) is 15.8. The second kappa shape index (κ2) is 6.80. The molecule has 19 heavy (non-hydrogen) atoms. The van der Waals surface area contributed by atoms with E-state index >= 15 is 0 Å². The Labute approximate surface area is 118 Å². The number of hydrogen-bond acceptors (Lipinski definition) is 1. The summed E-state index contributed by atoms with van der Waals surface area (Å²) in [6.45, 7) is 8.38. The summed E-state index contributed by atoms with van der Waals surface area (Å²) < 4.78 is 26.3. The van der Waals surface area contributed by atoms with E-state index in [-0.39, 0.29) is 11.7 Å². The second-order valence-electron chi connectivity index (χ2n) is 5.24. The molecule has 0 amide bonds. The molecule has 1 rings (SSSR count). The van der Waals surface area contributed by atoms with Crippen molar-refractivity contribution in [3.63, 3.8) is 0 Å². The number of thiocarbonyl (C=S) groups is 1. The van der Waals surface area contributed by atoms with E-state index in [1.54, 1.807) is 0 Å². The van der Waals surface area contributed by atoms with Gasteiger partial charge in [-0.05, 0) is 36.2 Å². The fourth-order valence-corrected chi connectivity index (χ4v) is 2.25. The monoisotopic (exact) mass is 286 g/mol. The molecule has 106 valence electrons. The van der Waals surface area contributed by atoms with Crippen molar-refractivity contribution in [1.82, 2.24) is 5.32 Å². The Morgan fingerprint density at radius 1 is 1.11 bits per heavy atom. The molecule has 0 heterocycles. The Hall–Kier alpha value is -1.23. The van der Waals surface area contributed by atoms with Crippen molar-refractivity contribution in [2.45, 2.75) is 33.7 Å². The molecule has 0 radical (unpaired) electrons. The Morgan fingerprint density at radius 2 is 1.68 bits per heavy atom. The molecule has 0 saturated carbocycles. The molecule has 0 aromatic heterocycles. The van der Waals surface area contributed by atoms with E-state index in [0.717, 1.165) is 6.07 Å². The summed E-state index contributed by atoms with van der Waals surface area (Å²) >= 11 is 5.16. The van der Waals surface area contributed by atoms with Gasteiger partial charge in [-0.2, -0.15) is 0 Å². The van der Waals surface area contributed by atoms with E-state index in [1.807, 2.05) is 0 Å². The predicted octanol–water partition coefficient (Wildman–Crippen LogP) is 3.93. The Morgan fingerprint density at radius 3 is 2.16 bits per heavy atom. The zero-order chi connectivity index (χ0) is 14.6. The molecule has 0 aliphatic heterocycles. The van der Waals surface area contributed by atoms with Gasteiger partial charge in [-0.3, -0.25) is 0 Å². The van der Waals surface area contributed by atoms with Crippen molar-refractivity contribution in [3.05, 3.63) is 29.8 Å². The molecule has 0 fully saturated rings. The molecule has 5 heteroatoms. The van der Waals surface area contributed by atoms with Crippen molar-refractivity contribution >= 4 is 23.0 Å². The van der Waals surface area contributed by atoms with Crippen LogP contribution in [0.4, 0.5) is 14.5 Å². The zero-order valence-corrected chi connectivity index (χ0v) is 12.4. The van der Waals surface area contributed by atoms with Crippen LogP contribution in [0.15, 0.2) is 18.2 Å². The number of nitrogens with one attached hydrogen (secondary N) is 2. The first-order chi connectivity index (χ1) is 8.81. The molecule has 0 bridgehead atoms. The molecule has 0 aliphatic carbocycles. The highest BCUT2D eigenvalue weighted by atomic mass is 32.1. The van der Waals surface area contributed by atoms with Crippen LogP contribution in [0, 0.1) is 23.5 Å². The smallest absolute Gasteiger partial charge is 0.171 e.